The van der Waals surface area contributed by atoms with E-state index >= 15 is 0 Å². The zero-order valence-corrected chi connectivity index (χ0v) is 9.88. The minimum atomic E-state index is 0.786. The zero-order chi connectivity index (χ0) is 11.1. The second-order valence-corrected chi connectivity index (χ2v) is 4.18. The van der Waals surface area contributed by atoms with Gasteiger partial charge in [-0.1, -0.05) is 13.8 Å². The number of hydrogen-bond donors (Lipinski definition) is 2. The minimum absolute atomic E-state index is 0.786. The molecule has 0 saturated heterocycles. The van der Waals surface area contributed by atoms with Crippen LogP contribution < -0.4 is 10.6 Å². The van der Waals surface area contributed by atoms with Gasteiger partial charge in [0.1, 0.15) is 0 Å². The molecular formula is C12H21N3. The highest BCUT2D eigenvalue weighted by Crippen LogP contribution is 2.12. The van der Waals surface area contributed by atoms with Crippen molar-refractivity contribution in [3.63, 3.8) is 0 Å². The molecule has 0 unspecified atom stereocenters. The molecule has 0 fully saturated rings. The van der Waals surface area contributed by atoms with Gasteiger partial charge < -0.3 is 10.6 Å². The lowest BCUT2D eigenvalue weighted by atomic mass is 10.1. The molecule has 1 aromatic heterocycles. The van der Waals surface area contributed by atoms with Crippen molar-refractivity contribution in [3.8, 4) is 0 Å². The van der Waals surface area contributed by atoms with E-state index in [1.54, 1.807) is 0 Å². The summed E-state index contributed by atoms with van der Waals surface area (Å²) in [5.74, 6) is 0.786. The summed E-state index contributed by atoms with van der Waals surface area (Å²) in [6.07, 6.45) is 6.16. The summed E-state index contributed by atoms with van der Waals surface area (Å²) in [6.45, 7) is 5.53. The van der Waals surface area contributed by atoms with Crippen LogP contribution in [-0.4, -0.2) is 18.6 Å². The van der Waals surface area contributed by atoms with Gasteiger partial charge in [0.2, 0.25) is 0 Å². The average Bonchev–Trinajstić information content (AvgIpc) is 2.24. The Balaban J connectivity index is 2.30. The highest BCUT2D eigenvalue weighted by atomic mass is 14.9. The van der Waals surface area contributed by atoms with Crippen molar-refractivity contribution in [2.24, 2.45) is 5.92 Å². The molecule has 1 heterocycles. The molecule has 1 aromatic rings. The standard InChI is InChI=1S/C12H21N3/c1-10(2)5-4-6-15-12-7-11(13-3)8-14-9-12/h7-10,13,15H,4-6H2,1-3H3. The van der Waals surface area contributed by atoms with Gasteiger partial charge in [0.05, 0.1) is 23.8 Å². The number of nitrogens with one attached hydrogen (secondary N) is 2. The predicted molar refractivity (Wildman–Crippen MR) is 66.3 cm³/mol. The lowest BCUT2D eigenvalue weighted by molar-refractivity contribution is 0.567. The molecule has 0 saturated carbocycles. The van der Waals surface area contributed by atoms with Gasteiger partial charge in [0, 0.05) is 13.6 Å². The van der Waals surface area contributed by atoms with Crippen LogP contribution in [0.3, 0.4) is 0 Å². The number of nitrogens with zero attached hydrogens (tertiary/aromatic N) is 1. The van der Waals surface area contributed by atoms with Gasteiger partial charge >= 0.3 is 0 Å². The Hall–Kier alpha value is -1.25. The Bertz CT molecular complexity index is 284. The van der Waals surface area contributed by atoms with Gasteiger partial charge in [-0.25, -0.2) is 0 Å². The van der Waals surface area contributed by atoms with Crippen molar-refractivity contribution in [2.75, 3.05) is 24.2 Å². The van der Waals surface area contributed by atoms with Crippen LogP contribution in [0.1, 0.15) is 26.7 Å². The van der Waals surface area contributed by atoms with Crippen molar-refractivity contribution in [3.05, 3.63) is 18.5 Å². The first kappa shape index (κ1) is 11.8. The molecule has 0 aromatic carbocycles. The summed E-state index contributed by atoms with van der Waals surface area (Å²) in [5.41, 5.74) is 2.13. The molecule has 0 aliphatic carbocycles. The molecule has 0 bridgehead atoms. The van der Waals surface area contributed by atoms with Gasteiger partial charge in [-0.2, -0.15) is 0 Å². The summed E-state index contributed by atoms with van der Waals surface area (Å²) in [5, 5.41) is 6.45. The summed E-state index contributed by atoms with van der Waals surface area (Å²) in [4.78, 5) is 4.14. The highest BCUT2D eigenvalue weighted by Gasteiger charge is 1.96. The van der Waals surface area contributed by atoms with Gasteiger partial charge in [0.25, 0.3) is 0 Å². The fraction of sp³-hybridized carbons (Fsp3) is 0.583. The Labute approximate surface area is 92.3 Å². The number of rotatable bonds is 6. The molecule has 84 valence electrons. The minimum Gasteiger partial charge on any atom is -0.387 e. The van der Waals surface area contributed by atoms with Crippen LogP contribution in [0.4, 0.5) is 11.4 Å². The maximum Gasteiger partial charge on any atom is 0.0547 e. The number of hydrogen-bond acceptors (Lipinski definition) is 3. The zero-order valence-electron chi connectivity index (χ0n) is 9.88. The molecule has 15 heavy (non-hydrogen) atoms. The van der Waals surface area contributed by atoms with E-state index in [0.29, 0.717) is 0 Å². The predicted octanol–water partition coefficient (Wildman–Crippen LogP) is 2.97. The average molecular weight is 207 g/mol. The van der Waals surface area contributed by atoms with E-state index in [9.17, 15) is 0 Å². The maximum atomic E-state index is 4.14. The van der Waals surface area contributed by atoms with Crippen molar-refractivity contribution in [1.29, 1.82) is 0 Å². The molecule has 0 amide bonds. The van der Waals surface area contributed by atoms with E-state index in [4.69, 9.17) is 0 Å². The van der Waals surface area contributed by atoms with E-state index in [1.807, 2.05) is 19.4 Å². The molecule has 2 N–H and O–H groups in total. The Kier molecular flexibility index (Phi) is 4.95. The molecule has 3 nitrogen and oxygen atoms in total. The topological polar surface area (TPSA) is 37.0 Å². The second kappa shape index (κ2) is 6.27. The molecule has 0 radical (unpaired) electrons. The van der Waals surface area contributed by atoms with E-state index < -0.39 is 0 Å². The number of aromatic nitrogens is 1. The molecule has 0 spiro atoms. The van der Waals surface area contributed by atoms with Crippen LogP contribution in [0, 0.1) is 5.92 Å². The quantitative estimate of drug-likeness (QED) is 0.704. The van der Waals surface area contributed by atoms with Crippen LogP contribution in [0.2, 0.25) is 0 Å². The third kappa shape index (κ3) is 4.68. The van der Waals surface area contributed by atoms with Gasteiger partial charge in [0.15, 0.2) is 0 Å². The van der Waals surface area contributed by atoms with Crippen LogP contribution in [0.15, 0.2) is 18.5 Å². The lowest BCUT2D eigenvalue weighted by Crippen LogP contribution is -2.03. The second-order valence-electron chi connectivity index (χ2n) is 4.18. The number of anilines is 2. The SMILES string of the molecule is CNc1cncc(NCCCC(C)C)c1. The fourth-order valence-electron chi connectivity index (χ4n) is 1.42. The third-order valence-electron chi connectivity index (χ3n) is 2.31. The lowest BCUT2D eigenvalue weighted by Gasteiger charge is -2.08. The van der Waals surface area contributed by atoms with Gasteiger partial charge in [-0.3, -0.25) is 4.98 Å². The molecule has 1 rings (SSSR count). The first-order valence-corrected chi connectivity index (χ1v) is 5.59. The van der Waals surface area contributed by atoms with E-state index in [1.165, 1.54) is 12.8 Å². The van der Waals surface area contributed by atoms with E-state index in [0.717, 1.165) is 23.8 Å². The fourth-order valence-corrected chi connectivity index (χ4v) is 1.42. The van der Waals surface area contributed by atoms with Crippen LogP contribution in [0.25, 0.3) is 0 Å². The first-order chi connectivity index (χ1) is 7.22. The van der Waals surface area contributed by atoms with Crippen LogP contribution >= 0.6 is 0 Å². The monoisotopic (exact) mass is 207 g/mol. The number of pyridine rings is 1. The van der Waals surface area contributed by atoms with Crippen LogP contribution in [-0.2, 0) is 0 Å². The van der Waals surface area contributed by atoms with Crippen molar-refractivity contribution < 1.29 is 0 Å². The van der Waals surface area contributed by atoms with Crippen LogP contribution in [0.5, 0.6) is 0 Å². The third-order valence-corrected chi connectivity index (χ3v) is 2.31. The first-order valence-electron chi connectivity index (χ1n) is 5.59. The Morgan fingerprint density at radius 1 is 1.27 bits per heavy atom. The maximum absolute atomic E-state index is 4.14. The van der Waals surface area contributed by atoms with E-state index in [-0.39, 0.29) is 0 Å². The smallest absolute Gasteiger partial charge is 0.0547 e. The Morgan fingerprint density at radius 3 is 2.67 bits per heavy atom. The molecule has 0 aliphatic heterocycles. The highest BCUT2D eigenvalue weighted by molar-refractivity contribution is 5.53. The van der Waals surface area contributed by atoms with Gasteiger partial charge in [-0.15, -0.1) is 0 Å². The van der Waals surface area contributed by atoms with Crippen molar-refractivity contribution >= 4 is 11.4 Å². The summed E-state index contributed by atoms with van der Waals surface area (Å²) >= 11 is 0. The summed E-state index contributed by atoms with van der Waals surface area (Å²) in [7, 11) is 1.90. The largest absolute Gasteiger partial charge is 0.387 e. The normalized spacial score (nSPS) is 10.4. The molecule has 0 atom stereocenters. The van der Waals surface area contributed by atoms with Crippen molar-refractivity contribution in [2.45, 2.75) is 26.7 Å². The van der Waals surface area contributed by atoms with Gasteiger partial charge in [-0.05, 0) is 24.8 Å². The van der Waals surface area contributed by atoms with Crippen molar-refractivity contribution in [1.82, 2.24) is 4.98 Å². The molecular weight excluding hydrogens is 186 g/mol. The van der Waals surface area contributed by atoms with E-state index in [2.05, 4.69) is 35.5 Å². The molecule has 3 heteroatoms. The summed E-state index contributed by atoms with van der Waals surface area (Å²) in [6, 6.07) is 2.07. The summed E-state index contributed by atoms with van der Waals surface area (Å²) < 4.78 is 0. The molecule has 0 aliphatic rings. The Morgan fingerprint density at radius 2 is 2.00 bits per heavy atom.